The minimum absolute atomic E-state index is 0.0525. The highest BCUT2D eigenvalue weighted by atomic mass is 35.5. The van der Waals surface area contributed by atoms with Gasteiger partial charge in [0.15, 0.2) is 0 Å². The van der Waals surface area contributed by atoms with Crippen molar-refractivity contribution in [1.29, 1.82) is 0 Å². The molecular weight excluding hydrogens is 294 g/mol. The second kappa shape index (κ2) is 6.43. The van der Waals surface area contributed by atoms with E-state index in [0.29, 0.717) is 11.8 Å². The van der Waals surface area contributed by atoms with Crippen LogP contribution < -0.4 is 0 Å². The fourth-order valence-corrected chi connectivity index (χ4v) is 3.16. The van der Waals surface area contributed by atoms with E-state index < -0.39 is 10.9 Å². The van der Waals surface area contributed by atoms with E-state index in [1.807, 2.05) is 0 Å². The van der Waals surface area contributed by atoms with Gasteiger partial charge in [0.25, 0.3) is 5.69 Å². The smallest absolute Gasteiger partial charge is 0.340 e. The minimum Gasteiger partial charge on any atom is -0.459 e. The molecule has 5 nitrogen and oxygen atoms in total. The largest absolute Gasteiger partial charge is 0.459 e. The second-order valence-corrected chi connectivity index (χ2v) is 6.27. The lowest BCUT2D eigenvalue weighted by molar-refractivity contribution is -0.384. The first kappa shape index (κ1) is 15.8. The molecule has 0 spiro atoms. The Kier molecular flexibility index (Phi) is 4.83. The molecule has 1 aliphatic rings. The quantitative estimate of drug-likeness (QED) is 0.476. The summed E-state index contributed by atoms with van der Waals surface area (Å²) in [6, 6.07) is 3.78. The van der Waals surface area contributed by atoms with Crippen LogP contribution >= 0.6 is 11.6 Å². The van der Waals surface area contributed by atoms with Gasteiger partial charge >= 0.3 is 5.97 Å². The predicted octanol–water partition coefficient (Wildman–Crippen LogP) is 4.23. The number of carbonyl (C=O) groups excluding carboxylic acids is 1. The molecule has 0 aliphatic heterocycles. The first-order valence-corrected chi connectivity index (χ1v) is 7.39. The van der Waals surface area contributed by atoms with Crippen LogP contribution in [0.1, 0.15) is 43.5 Å². The molecule has 1 fully saturated rings. The highest BCUT2D eigenvalue weighted by molar-refractivity contribution is 6.33. The van der Waals surface area contributed by atoms with E-state index >= 15 is 0 Å². The summed E-state index contributed by atoms with van der Waals surface area (Å²) >= 11 is 5.95. The molecule has 1 aromatic carbocycles. The van der Waals surface area contributed by atoms with Crippen molar-refractivity contribution in [3.8, 4) is 0 Å². The molecule has 6 heteroatoms. The number of ether oxygens (including phenoxy) is 1. The highest BCUT2D eigenvalue weighted by Crippen LogP contribution is 2.31. The number of carbonyl (C=O) groups is 1. The summed E-state index contributed by atoms with van der Waals surface area (Å²) in [7, 11) is 0. The number of hydrogen-bond acceptors (Lipinski definition) is 4. The van der Waals surface area contributed by atoms with Crippen LogP contribution in [0.5, 0.6) is 0 Å². The Morgan fingerprint density at radius 1 is 1.29 bits per heavy atom. The van der Waals surface area contributed by atoms with Gasteiger partial charge in [-0.25, -0.2) is 4.79 Å². The number of benzene rings is 1. The fourth-order valence-electron chi connectivity index (χ4n) is 2.97. The number of nitrogens with zero attached hydrogens (tertiary/aromatic N) is 1. The van der Waals surface area contributed by atoms with Gasteiger partial charge in [-0.2, -0.15) is 0 Å². The Bertz CT molecular complexity index is 551. The number of halogens is 1. The third-order valence-electron chi connectivity index (χ3n) is 3.79. The molecule has 0 radical (unpaired) electrons. The number of hydrogen-bond donors (Lipinski definition) is 0. The van der Waals surface area contributed by atoms with Crippen molar-refractivity contribution in [3.63, 3.8) is 0 Å². The summed E-state index contributed by atoms with van der Waals surface area (Å²) in [5.41, 5.74) is -0.117. The molecule has 1 saturated carbocycles. The molecule has 1 aromatic rings. The van der Waals surface area contributed by atoms with Crippen molar-refractivity contribution in [1.82, 2.24) is 0 Å². The van der Waals surface area contributed by atoms with Gasteiger partial charge < -0.3 is 4.74 Å². The normalized spacial score (nSPS) is 25.4. The van der Waals surface area contributed by atoms with Crippen molar-refractivity contribution in [3.05, 3.63) is 38.9 Å². The van der Waals surface area contributed by atoms with E-state index in [0.717, 1.165) is 19.3 Å². The van der Waals surface area contributed by atoms with Crippen LogP contribution in [-0.4, -0.2) is 17.0 Å². The van der Waals surface area contributed by atoms with E-state index in [1.54, 1.807) is 0 Å². The van der Waals surface area contributed by atoms with Gasteiger partial charge in [-0.1, -0.05) is 25.4 Å². The molecule has 0 saturated heterocycles. The number of nitro benzene ring substituents is 1. The van der Waals surface area contributed by atoms with Gasteiger partial charge in [0.2, 0.25) is 0 Å². The first-order chi connectivity index (χ1) is 9.86. The van der Waals surface area contributed by atoms with Gasteiger partial charge in [0, 0.05) is 12.1 Å². The molecule has 1 aliphatic carbocycles. The highest BCUT2D eigenvalue weighted by Gasteiger charge is 2.28. The standard InChI is InChI=1S/C15H18ClNO4/c1-9-5-10(2)7-12(6-9)21-15(18)13-8-11(17(19)20)3-4-14(13)16/h3-4,8-10,12H,5-7H2,1-2H3. The maximum atomic E-state index is 12.2. The lowest BCUT2D eigenvalue weighted by Crippen LogP contribution is -2.28. The maximum Gasteiger partial charge on any atom is 0.340 e. The van der Waals surface area contributed by atoms with Crippen molar-refractivity contribution >= 4 is 23.3 Å². The van der Waals surface area contributed by atoms with E-state index in [-0.39, 0.29) is 22.4 Å². The second-order valence-electron chi connectivity index (χ2n) is 5.87. The Balaban J connectivity index is 2.13. The molecule has 2 atom stereocenters. The lowest BCUT2D eigenvalue weighted by Gasteiger charge is -2.31. The van der Waals surface area contributed by atoms with Gasteiger partial charge in [-0.15, -0.1) is 0 Å². The van der Waals surface area contributed by atoms with E-state index in [2.05, 4.69) is 13.8 Å². The van der Waals surface area contributed by atoms with Crippen molar-refractivity contribution in [2.75, 3.05) is 0 Å². The zero-order chi connectivity index (χ0) is 15.6. The van der Waals surface area contributed by atoms with Crippen LogP contribution in [-0.2, 0) is 4.74 Å². The van der Waals surface area contributed by atoms with Crippen LogP contribution in [0.3, 0.4) is 0 Å². The van der Waals surface area contributed by atoms with Gasteiger partial charge in [0.05, 0.1) is 15.5 Å². The van der Waals surface area contributed by atoms with E-state index in [9.17, 15) is 14.9 Å². The van der Waals surface area contributed by atoms with Crippen LogP contribution in [0.2, 0.25) is 5.02 Å². The molecule has 2 unspecified atom stereocenters. The van der Waals surface area contributed by atoms with Crippen molar-refractivity contribution in [2.24, 2.45) is 11.8 Å². The maximum absolute atomic E-state index is 12.2. The third-order valence-corrected chi connectivity index (χ3v) is 4.12. The SMILES string of the molecule is CC1CC(C)CC(OC(=O)c2cc([N+](=O)[O-])ccc2Cl)C1. The van der Waals surface area contributed by atoms with Gasteiger partial charge in [-0.3, -0.25) is 10.1 Å². The average Bonchev–Trinajstić information content (AvgIpc) is 2.37. The molecule has 0 heterocycles. The Hall–Kier alpha value is -1.62. The lowest BCUT2D eigenvalue weighted by atomic mass is 9.82. The topological polar surface area (TPSA) is 69.4 Å². The molecule has 0 bridgehead atoms. The minimum atomic E-state index is -0.588. The molecular formula is C15H18ClNO4. The molecule has 21 heavy (non-hydrogen) atoms. The average molecular weight is 312 g/mol. The zero-order valence-corrected chi connectivity index (χ0v) is 12.8. The van der Waals surface area contributed by atoms with Crippen molar-refractivity contribution in [2.45, 2.75) is 39.2 Å². The number of esters is 1. The molecule has 2 rings (SSSR count). The number of rotatable bonds is 3. The van der Waals surface area contributed by atoms with Crippen LogP contribution in [0.15, 0.2) is 18.2 Å². The van der Waals surface area contributed by atoms with Gasteiger partial charge in [0.1, 0.15) is 6.10 Å². The summed E-state index contributed by atoms with van der Waals surface area (Å²) in [6.45, 7) is 4.27. The van der Waals surface area contributed by atoms with Crippen LogP contribution in [0, 0.1) is 22.0 Å². The predicted molar refractivity (Wildman–Crippen MR) is 79.5 cm³/mol. The summed E-state index contributed by atoms with van der Waals surface area (Å²) in [5, 5.41) is 10.9. The fraction of sp³-hybridized carbons (Fsp3) is 0.533. The summed E-state index contributed by atoms with van der Waals surface area (Å²) in [4.78, 5) is 22.4. The van der Waals surface area contributed by atoms with E-state index in [4.69, 9.17) is 16.3 Å². The molecule has 0 aromatic heterocycles. The van der Waals surface area contributed by atoms with Crippen LogP contribution in [0.25, 0.3) is 0 Å². The molecule has 0 N–H and O–H groups in total. The summed E-state index contributed by atoms with van der Waals surface area (Å²) in [5.74, 6) is 0.425. The van der Waals surface area contributed by atoms with Gasteiger partial charge in [-0.05, 0) is 37.2 Å². The Morgan fingerprint density at radius 2 is 1.90 bits per heavy atom. The Labute approximate surface area is 128 Å². The number of nitro groups is 1. The number of non-ortho nitro benzene ring substituents is 1. The Morgan fingerprint density at radius 3 is 2.48 bits per heavy atom. The van der Waals surface area contributed by atoms with Crippen LogP contribution in [0.4, 0.5) is 5.69 Å². The summed E-state index contributed by atoms with van der Waals surface area (Å²) in [6.07, 6.45) is 2.63. The third kappa shape index (κ3) is 3.94. The first-order valence-electron chi connectivity index (χ1n) is 7.01. The van der Waals surface area contributed by atoms with E-state index in [1.165, 1.54) is 18.2 Å². The zero-order valence-electron chi connectivity index (χ0n) is 12.0. The molecule has 0 amide bonds. The summed E-state index contributed by atoms with van der Waals surface area (Å²) < 4.78 is 5.49. The van der Waals surface area contributed by atoms with Crippen molar-refractivity contribution < 1.29 is 14.5 Å². The molecule has 114 valence electrons. The monoisotopic (exact) mass is 311 g/mol.